The molecule has 2 N–H and O–H groups in total. The van der Waals surface area contributed by atoms with Crippen molar-refractivity contribution in [3.05, 3.63) is 64.4 Å². The van der Waals surface area contributed by atoms with Crippen LogP contribution in [0.4, 0.5) is 14.9 Å². The Labute approximate surface area is 205 Å². The van der Waals surface area contributed by atoms with Crippen LogP contribution in [-0.2, 0) is 16.0 Å². The Bertz CT molecular complexity index is 1250. The molecule has 1 saturated heterocycles. The van der Waals surface area contributed by atoms with Crippen molar-refractivity contribution in [1.29, 1.82) is 0 Å². The molecular formula is C24H24FN5O4S. The van der Waals surface area contributed by atoms with Gasteiger partial charge in [-0.2, -0.15) is 0 Å². The third kappa shape index (κ3) is 5.80. The van der Waals surface area contributed by atoms with E-state index in [0.717, 1.165) is 17.1 Å². The number of nitrogens with zero attached hydrogens (tertiary/aromatic N) is 3. The van der Waals surface area contributed by atoms with Gasteiger partial charge in [0.1, 0.15) is 16.8 Å². The number of carbonyl (C=O) groups is 3. The van der Waals surface area contributed by atoms with Gasteiger partial charge in [0.25, 0.3) is 5.91 Å². The van der Waals surface area contributed by atoms with E-state index in [0.29, 0.717) is 40.4 Å². The zero-order valence-electron chi connectivity index (χ0n) is 19.2. The van der Waals surface area contributed by atoms with Crippen LogP contribution in [0, 0.1) is 12.7 Å². The lowest BCUT2D eigenvalue weighted by Gasteiger charge is -2.15. The number of benzene rings is 2. The maximum Gasteiger partial charge on any atom is 0.414 e. The van der Waals surface area contributed by atoms with Gasteiger partial charge in [-0.15, -0.1) is 5.10 Å². The molecule has 1 aliphatic rings. The summed E-state index contributed by atoms with van der Waals surface area (Å²) in [5.41, 5.74) is 3.09. The summed E-state index contributed by atoms with van der Waals surface area (Å²) in [4.78, 5) is 37.2. The van der Waals surface area contributed by atoms with Gasteiger partial charge in [0.05, 0.1) is 24.5 Å². The molecule has 2 aromatic carbocycles. The molecule has 182 valence electrons. The number of nitrogens with one attached hydrogen (secondary N) is 2. The number of hydrogen-bond donors (Lipinski definition) is 2. The zero-order chi connectivity index (χ0) is 24.9. The van der Waals surface area contributed by atoms with Crippen molar-refractivity contribution in [2.24, 2.45) is 0 Å². The highest BCUT2D eigenvalue weighted by Crippen LogP contribution is 2.29. The predicted molar refractivity (Wildman–Crippen MR) is 129 cm³/mol. The number of cyclic esters (lactones) is 1. The van der Waals surface area contributed by atoms with Crippen LogP contribution < -0.4 is 15.5 Å². The summed E-state index contributed by atoms with van der Waals surface area (Å²) >= 11 is 1.06. The Kier molecular flexibility index (Phi) is 7.35. The molecule has 0 saturated carbocycles. The van der Waals surface area contributed by atoms with Gasteiger partial charge in [-0.3, -0.25) is 14.5 Å². The van der Waals surface area contributed by atoms with Crippen molar-refractivity contribution < 1.29 is 23.5 Å². The van der Waals surface area contributed by atoms with Gasteiger partial charge in [0.15, 0.2) is 0 Å². The third-order valence-electron chi connectivity index (χ3n) is 5.54. The van der Waals surface area contributed by atoms with Crippen molar-refractivity contribution >= 4 is 35.1 Å². The summed E-state index contributed by atoms with van der Waals surface area (Å²) in [5.74, 6) is -0.872. The highest BCUT2D eigenvalue weighted by atomic mass is 32.1. The number of ether oxygens (including phenoxy) is 1. The maximum atomic E-state index is 14.9. The number of carbonyl (C=O) groups excluding carboxylic acids is 3. The Balaban J connectivity index is 1.35. The number of hydrogen-bond acceptors (Lipinski definition) is 7. The van der Waals surface area contributed by atoms with Gasteiger partial charge < -0.3 is 15.4 Å². The lowest BCUT2D eigenvalue weighted by molar-refractivity contribution is -0.119. The molecule has 0 spiro atoms. The van der Waals surface area contributed by atoms with Crippen LogP contribution >= 0.6 is 11.5 Å². The minimum absolute atomic E-state index is 0.195. The van der Waals surface area contributed by atoms with Crippen LogP contribution in [0.2, 0.25) is 0 Å². The maximum absolute atomic E-state index is 14.9. The second-order valence-electron chi connectivity index (χ2n) is 8.11. The van der Waals surface area contributed by atoms with Crippen LogP contribution in [0.1, 0.15) is 27.9 Å². The van der Waals surface area contributed by atoms with Crippen LogP contribution in [0.5, 0.6) is 0 Å². The quantitative estimate of drug-likeness (QED) is 0.495. The summed E-state index contributed by atoms with van der Waals surface area (Å²) in [6, 6.07) is 12.0. The molecular weight excluding hydrogens is 473 g/mol. The van der Waals surface area contributed by atoms with Crippen LogP contribution in [0.15, 0.2) is 42.5 Å². The molecule has 35 heavy (non-hydrogen) atoms. The number of anilines is 1. The monoisotopic (exact) mass is 497 g/mol. The van der Waals surface area contributed by atoms with Crippen molar-refractivity contribution in [2.75, 3.05) is 24.5 Å². The number of aromatic nitrogens is 2. The fourth-order valence-electron chi connectivity index (χ4n) is 3.69. The molecule has 1 aliphatic heterocycles. The first-order chi connectivity index (χ1) is 16.8. The molecule has 3 amide bonds. The lowest BCUT2D eigenvalue weighted by Crippen LogP contribution is -2.33. The standard InChI is InChI=1S/C24H24FN5O4S/c1-14-22(35-29-28-14)23(32)26-10-9-16-3-5-17(6-4-16)20-8-7-18(11-21(20)25)30-13-19(34-24(30)33)12-27-15(2)31/h3-8,11,19H,9-10,12-13H2,1-2H3,(H,26,32)(H,27,31)/t19-/m0/s1. The summed E-state index contributed by atoms with van der Waals surface area (Å²) in [6.07, 6.45) is -0.449. The molecule has 1 atom stereocenters. The average molecular weight is 498 g/mol. The van der Waals surface area contributed by atoms with E-state index in [-0.39, 0.29) is 24.9 Å². The Morgan fingerprint density at radius 2 is 1.97 bits per heavy atom. The van der Waals surface area contributed by atoms with Crippen molar-refractivity contribution in [3.8, 4) is 11.1 Å². The predicted octanol–water partition coefficient (Wildman–Crippen LogP) is 3.09. The smallest absolute Gasteiger partial charge is 0.414 e. The molecule has 4 rings (SSSR count). The van der Waals surface area contributed by atoms with E-state index in [9.17, 15) is 18.8 Å². The molecule has 1 aromatic heterocycles. The van der Waals surface area contributed by atoms with Gasteiger partial charge >= 0.3 is 6.09 Å². The van der Waals surface area contributed by atoms with Crippen LogP contribution in [-0.4, -0.2) is 53.2 Å². The lowest BCUT2D eigenvalue weighted by atomic mass is 10.0. The molecule has 3 aromatic rings. The van der Waals surface area contributed by atoms with Crippen molar-refractivity contribution in [3.63, 3.8) is 0 Å². The molecule has 9 nitrogen and oxygen atoms in total. The fourth-order valence-corrected chi connectivity index (χ4v) is 4.27. The van der Waals surface area contributed by atoms with E-state index in [2.05, 4.69) is 20.2 Å². The first kappa shape index (κ1) is 24.3. The van der Waals surface area contributed by atoms with Gasteiger partial charge in [-0.05, 0) is 54.2 Å². The number of amides is 3. The van der Waals surface area contributed by atoms with E-state index >= 15 is 0 Å². The number of rotatable bonds is 8. The minimum atomic E-state index is -0.578. The molecule has 11 heteroatoms. The highest BCUT2D eigenvalue weighted by Gasteiger charge is 2.32. The van der Waals surface area contributed by atoms with Crippen LogP contribution in [0.25, 0.3) is 11.1 Å². The van der Waals surface area contributed by atoms with E-state index in [4.69, 9.17) is 4.74 Å². The average Bonchev–Trinajstić information content (AvgIpc) is 3.43. The van der Waals surface area contributed by atoms with E-state index in [1.165, 1.54) is 17.9 Å². The Morgan fingerprint density at radius 3 is 2.63 bits per heavy atom. The van der Waals surface area contributed by atoms with Crippen molar-refractivity contribution in [1.82, 2.24) is 20.2 Å². The topological polar surface area (TPSA) is 114 Å². The first-order valence-corrected chi connectivity index (χ1v) is 11.8. The molecule has 2 heterocycles. The van der Waals surface area contributed by atoms with Gasteiger partial charge in [-0.1, -0.05) is 28.8 Å². The Morgan fingerprint density at radius 1 is 1.20 bits per heavy atom. The van der Waals surface area contributed by atoms with Gasteiger partial charge in [0, 0.05) is 19.0 Å². The molecule has 0 bridgehead atoms. The van der Waals surface area contributed by atoms with Crippen LogP contribution in [0.3, 0.4) is 0 Å². The zero-order valence-corrected chi connectivity index (χ0v) is 20.0. The largest absolute Gasteiger partial charge is 0.442 e. The number of aryl methyl sites for hydroxylation is 1. The summed E-state index contributed by atoms with van der Waals surface area (Å²) in [5, 5.41) is 9.30. The Hall–Kier alpha value is -3.86. The van der Waals surface area contributed by atoms with E-state index in [1.54, 1.807) is 19.1 Å². The van der Waals surface area contributed by atoms with Gasteiger partial charge in [0.2, 0.25) is 5.91 Å². The van der Waals surface area contributed by atoms with E-state index < -0.39 is 18.0 Å². The second-order valence-corrected chi connectivity index (χ2v) is 8.86. The highest BCUT2D eigenvalue weighted by molar-refractivity contribution is 7.08. The fraction of sp³-hybridized carbons (Fsp3) is 0.292. The van der Waals surface area contributed by atoms with E-state index in [1.807, 2.05) is 24.3 Å². The SMILES string of the molecule is CC(=O)NC[C@H]1CN(c2ccc(-c3ccc(CCNC(=O)c4snnc4C)cc3)c(F)c2)C(=O)O1. The second kappa shape index (κ2) is 10.6. The van der Waals surface area contributed by atoms with Gasteiger partial charge in [-0.25, -0.2) is 9.18 Å². The summed E-state index contributed by atoms with van der Waals surface area (Å²) < 4.78 is 23.9. The molecule has 0 unspecified atom stereocenters. The molecule has 0 radical (unpaired) electrons. The van der Waals surface area contributed by atoms with Crippen molar-refractivity contribution in [2.45, 2.75) is 26.4 Å². The third-order valence-corrected chi connectivity index (χ3v) is 6.37. The molecule has 0 aliphatic carbocycles. The first-order valence-electron chi connectivity index (χ1n) is 11.0. The summed E-state index contributed by atoms with van der Waals surface area (Å²) in [6.45, 7) is 4.01. The minimum Gasteiger partial charge on any atom is -0.442 e. The molecule has 1 fully saturated rings. The normalized spacial score (nSPS) is 15.1. The number of halogens is 1. The summed E-state index contributed by atoms with van der Waals surface area (Å²) in [7, 11) is 0.